The fourth-order valence-corrected chi connectivity index (χ4v) is 4.47. The first-order valence-corrected chi connectivity index (χ1v) is 9.55. The summed E-state index contributed by atoms with van der Waals surface area (Å²) in [6, 6.07) is 11.5. The minimum atomic E-state index is -0.0952. The molecule has 1 saturated heterocycles. The highest BCUT2D eigenvalue weighted by atomic mass is 32.2. The molecular weight excluding hydrogens is 352 g/mol. The van der Waals surface area contributed by atoms with Crippen molar-refractivity contribution in [3.8, 4) is 0 Å². The summed E-state index contributed by atoms with van der Waals surface area (Å²) in [6.45, 7) is 2.30. The summed E-state index contributed by atoms with van der Waals surface area (Å²) < 4.78 is 10.8. The van der Waals surface area contributed by atoms with Crippen molar-refractivity contribution in [2.45, 2.75) is 16.6 Å². The zero-order valence-corrected chi connectivity index (χ0v) is 15.1. The van der Waals surface area contributed by atoms with Crippen LogP contribution >= 0.6 is 11.8 Å². The van der Waals surface area contributed by atoms with Crippen molar-refractivity contribution in [1.82, 2.24) is 4.90 Å². The van der Waals surface area contributed by atoms with Gasteiger partial charge in [-0.15, -0.1) is 11.8 Å². The molecule has 0 radical (unpaired) electrons. The number of amides is 2. The van der Waals surface area contributed by atoms with Crippen molar-refractivity contribution in [2.24, 2.45) is 0 Å². The molecule has 2 amide bonds. The second-order valence-corrected chi connectivity index (χ2v) is 7.51. The topological polar surface area (TPSA) is 63.0 Å². The molecule has 4 rings (SSSR count). The highest BCUT2D eigenvalue weighted by molar-refractivity contribution is 7.99. The van der Waals surface area contributed by atoms with E-state index in [4.69, 9.17) is 9.15 Å². The van der Waals surface area contributed by atoms with E-state index in [-0.39, 0.29) is 23.6 Å². The number of hydrogen-bond acceptors (Lipinski definition) is 5. The Labute approximate surface area is 156 Å². The van der Waals surface area contributed by atoms with E-state index in [1.807, 2.05) is 36.4 Å². The van der Waals surface area contributed by atoms with Gasteiger partial charge in [-0.3, -0.25) is 9.59 Å². The van der Waals surface area contributed by atoms with E-state index >= 15 is 0 Å². The van der Waals surface area contributed by atoms with Gasteiger partial charge in [0.1, 0.15) is 12.3 Å². The third kappa shape index (κ3) is 3.50. The molecule has 2 aromatic rings. The van der Waals surface area contributed by atoms with Crippen LogP contribution in [0.2, 0.25) is 0 Å². The number of furan rings is 1. The molecule has 1 fully saturated rings. The molecule has 0 saturated carbocycles. The molecule has 3 heterocycles. The quantitative estimate of drug-likeness (QED) is 0.829. The maximum atomic E-state index is 13.0. The average molecular weight is 372 g/mol. The summed E-state index contributed by atoms with van der Waals surface area (Å²) in [6.07, 6.45) is 1.92. The second kappa shape index (κ2) is 7.55. The minimum absolute atomic E-state index is 0.0436. The summed E-state index contributed by atoms with van der Waals surface area (Å²) in [4.78, 5) is 30.0. The van der Waals surface area contributed by atoms with Crippen molar-refractivity contribution in [2.75, 3.05) is 37.7 Å². The van der Waals surface area contributed by atoms with Gasteiger partial charge in [-0.05, 0) is 24.3 Å². The number of para-hydroxylation sites is 1. The van der Waals surface area contributed by atoms with Crippen molar-refractivity contribution >= 4 is 29.3 Å². The van der Waals surface area contributed by atoms with Crippen LogP contribution in [0.4, 0.5) is 5.69 Å². The van der Waals surface area contributed by atoms with Gasteiger partial charge in [-0.2, -0.15) is 0 Å². The Morgan fingerprint density at radius 1 is 1.15 bits per heavy atom. The number of benzene rings is 1. The van der Waals surface area contributed by atoms with E-state index < -0.39 is 0 Å². The lowest BCUT2D eigenvalue weighted by Gasteiger charge is -2.30. The van der Waals surface area contributed by atoms with Gasteiger partial charge in [0.05, 0.1) is 30.4 Å². The largest absolute Gasteiger partial charge is 0.468 e. The van der Waals surface area contributed by atoms with Gasteiger partial charge in [0.25, 0.3) is 0 Å². The smallest absolute Gasteiger partial charge is 0.242 e. The van der Waals surface area contributed by atoms with E-state index in [9.17, 15) is 9.59 Å². The molecule has 2 aliphatic heterocycles. The van der Waals surface area contributed by atoms with Crippen LogP contribution in [-0.2, 0) is 14.3 Å². The molecule has 1 aromatic carbocycles. The number of ether oxygens (including phenoxy) is 1. The van der Waals surface area contributed by atoms with Gasteiger partial charge in [0.2, 0.25) is 11.8 Å². The first-order valence-electron chi connectivity index (χ1n) is 8.67. The number of thioether (sulfide) groups is 1. The molecule has 1 atom stereocenters. The number of fused-ring (bicyclic) bond motifs is 1. The van der Waals surface area contributed by atoms with Gasteiger partial charge in [0.15, 0.2) is 0 Å². The van der Waals surface area contributed by atoms with Crippen LogP contribution in [0.1, 0.15) is 17.4 Å². The molecule has 0 aliphatic carbocycles. The number of nitrogens with zero attached hydrogens (tertiary/aromatic N) is 2. The Bertz CT molecular complexity index is 787. The molecule has 1 unspecified atom stereocenters. The molecular formula is C19H20N2O4S. The summed E-state index contributed by atoms with van der Waals surface area (Å²) in [7, 11) is 0. The van der Waals surface area contributed by atoms with Crippen molar-refractivity contribution in [3.05, 3.63) is 48.4 Å². The van der Waals surface area contributed by atoms with Crippen LogP contribution in [0.15, 0.2) is 52.0 Å². The van der Waals surface area contributed by atoms with Crippen LogP contribution in [0.3, 0.4) is 0 Å². The Morgan fingerprint density at radius 3 is 2.73 bits per heavy atom. The number of carbonyl (C=O) groups is 2. The number of morpholine rings is 1. The van der Waals surface area contributed by atoms with Gasteiger partial charge in [0, 0.05) is 24.4 Å². The number of carbonyl (C=O) groups excluding carboxylic acids is 2. The molecule has 1 aromatic heterocycles. The standard InChI is InChI=1S/C19H20N2O4S/c22-18-12-17(15-5-3-9-25-15)26-16-6-2-1-4-14(16)21(18)13-19(23)20-7-10-24-11-8-20/h1-6,9,17H,7-8,10-13H2. The number of rotatable bonds is 3. The number of anilines is 1. The van der Waals surface area contributed by atoms with Crippen molar-refractivity contribution in [3.63, 3.8) is 0 Å². The summed E-state index contributed by atoms with van der Waals surface area (Å²) >= 11 is 1.60. The molecule has 6 nitrogen and oxygen atoms in total. The fourth-order valence-electron chi connectivity index (χ4n) is 3.23. The van der Waals surface area contributed by atoms with E-state index in [1.165, 1.54) is 0 Å². The Kier molecular flexibility index (Phi) is 4.99. The summed E-state index contributed by atoms with van der Waals surface area (Å²) in [5.41, 5.74) is 0.790. The SMILES string of the molecule is O=C(CN1C(=O)CC(c2ccco2)Sc2ccccc21)N1CCOCC1. The van der Waals surface area contributed by atoms with Gasteiger partial charge in [-0.25, -0.2) is 0 Å². The van der Waals surface area contributed by atoms with Crippen LogP contribution in [-0.4, -0.2) is 49.6 Å². The summed E-state index contributed by atoms with van der Waals surface area (Å²) in [5.74, 6) is 0.669. The highest BCUT2D eigenvalue weighted by Gasteiger charge is 2.32. The third-order valence-electron chi connectivity index (χ3n) is 4.60. The molecule has 2 aliphatic rings. The first kappa shape index (κ1) is 17.2. The second-order valence-electron chi connectivity index (χ2n) is 6.27. The zero-order valence-electron chi connectivity index (χ0n) is 14.3. The van der Waals surface area contributed by atoms with Crippen LogP contribution < -0.4 is 4.90 Å². The first-order chi connectivity index (χ1) is 12.7. The Morgan fingerprint density at radius 2 is 1.96 bits per heavy atom. The lowest BCUT2D eigenvalue weighted by molar-refractivity contribution is -0.135. The molecule has 0 spiro atoms. The monoisotopic (exact) mass is 372 g/mol. The van der Waals surface area contributed by atoms with E-state index in [0.29, 0.717) is 32.7 Å². The van der Waals surface area contributed by atoms with Crippen molar-refractivity contribution < 1.29 is 18.7 Å². The molecule has 26 heavy (non-hydrogen) atoms. The Balaban J connectivity index is 1.60. The molecule has 0 bridgehead atoms. The fraction of sp³-hybridized carbons (Fsp3) is 0.368. The van der Waals surface area contributed by atoms with Gasteiger partial charge < -0.3 is 19.0 Å². The summed E-state index contributed by atoms with van der Waals surface area (Å²) in [5, 5.41) is -0.0952. The lowest BCUT2D eigenvalue weighted by atomic mass is 10.2. The van der Waals surface area contributed by atoms with Crippen LogP contribution in [0.5, 0.6) is 0 Å². The maximum Gasteiger partial charge on any atom is 0.242 e. The van der Waals surface area contributed by atoms with Gasteiger partial charge in [-0.1, -0.05) is 12.1 Å². The van der Waals surface area contributed by atoms with Crippen LogP contribution in [0.25, 0.3) is 0 Å². The molecule has 136 valence electrons. The van der Waals surface area contributed by atoms with Crippen LogP contribution in [0, 0.1) is 0 Å². The molecule has 7 heteroatoms. The minimum Gasteiger partial charge on any atom is -0.468 e. The lowest BCUT2D eigenvalue weighted by Crippen LogP contribution is -2.47. The third-order valence-corrected chi connectivity index (χ3v) is 5.89. The molecule has 0 N–H and O–H groups in total. The van der Waals surface area contributed by atoms with E-state index in [2.05, 4.69) is 0 Å². The zero-order chi connectivity index (χ0) is 17.9. The predicted molar refractivity (Wildman–Crippen MR) is 98.1 cm³/mol. The number of hydrogen-bond donors (Lipinski definition) is 0. The van der Waals surface area contributed by atoms with E-state index in [0.717, 1.165) is 16.3 Å². The Hall–Kier alpha value is -2.25. The average Bonchev–Trinajstić information content (AvgIpc) is 3.17. The van der Waals surface area contributed by atoms with Crippen molar-refractivity contribution in [1.29, 1.82) is 0 Å². The maximum absolute atomic E-state index is 13.0. The predicted octanol–water partition coefficient (Wildman–Crippen LogP) is 2.71. The van der Waals surface area contributed by atoms with Gasteiger partial charge >= 0.3 is 0 Å². The highest BCUT2D eigenvalue weighted by Crippen LogP contribution is 2.45. The normalized spacial score (nSPS) is 20.6. The van der Waals surface area contributed by atoms with E-state index in [1.54, 1.807) is 27.8 Å².